The molecule has 1 heterocycles. The fourth-order valence-corrected chi connectivity index (χ4v) is 4.97. The van der Waals surface area contributed by atoms with Gasteiger partial charge >= 0.3 is 5.97 Å². The van der Waals surface area contributed by atoms with Crippen molar-refractivity contribution in [3.8, 4) is 0 Å². The summed E-state index contributed by atoms with van der Waals surface area (Å²) in [6.45, 7) is 4.52. The number of benzene rings is 2. The van der Waals surface area contributed by atoms with Crippen molar-refractivity contribution >= 4 is 39.9 Å². The number of thiocarbonyl (C=S) groups is 1. The molecule has 3 aromatic rings. The molecule has 1 aromatic heterocycles. The minimum absolute atomic E-state index is 0.102. The van der Waals surface area contributed by atoms with Crippen LogP contribution >= 0.6 is 12.2 Å². The molecule has 0 aliphatic heterocycles. The van der Waals surface area contributed by atoms with E-state index in [1.165, 1.54) is 19.1 Å². The second-order valence-corrected chi connectivity index (χ2v) is 9.42. The van der Waals surface area contributed by atoms with Crippen LogP contribution < -0.4 is 10.9 Å². The van der Waals surface area contributed by atoms with Crippen LogP contribution in [0.5, 0.6) is 0 Å². The number of aryl methyl sites for hydroxylation is 2. The van der Waals surface area contributed by atoms with Crippen LogP contribution in [0, 0.1) is 13.8 Å². The van der Waals surface area contributed by atoms with Crippen molar-refractivity contribution in [2.75, 3.05) is 12.4 Å². The summed E-state index contributed by atoms with van der Waals surface area (Å²) in [5, 5.41) is 4.77. The van der Waals surface area contributed by atoms with Gasteiger partial charge in [0, 0.05) is 17.1 Å². The zero-order chi connectivity index (χ0) is 24.2. The van der Waals surface area contributed by atoms with Crippen LogP contribution in [-0.4, -0.2) is 34.1 Å². The molecule has 7 heteroatoms. The Morgan fingerprint density at radius 2 is 1.82 bits per heavy atom. The first-order valence-electron chi connectivity index (χ1n) is 11.8. The van der Waals surface area contributed by atoms with Gasteiger partial charge in [-0.2, -0.15) is 0 Å². The third kappa shape index (κ3) is 5.14. The second-order valence-electron chi connectivity index (χ2n) is 9.03. The van der Waals surface area contributed by atoms with E-state index in [9.17, 15) is 9.59 Å². The molecule has 0 atom stereocenters. The number of H-pyrrole nitrogens is 1. The largest absolute Gasteiger partial charge is 0.465 e. The molecule has 34 heavy (non-hydrogen) atoms. The zero-order valence-corrected chi connectivity index (χ0v) is 20.8. The number of para-hydroxylation sites is 1. The maximum atomic E-state index is 13.0. The normalized spacial score (nSPS) is 14.1. The maximum absolute atomic E-state index is 13.0. The number of anilines is 1. The highest BCUT2D eigenvalue weighted by Gasteiger charge is 2.25. The molecule has 1 aliphatic rings. The monoisotopic (exact) mass is 477 g/mol. The SMILES string of the molecule is COC(=O)c1ccccc1NC(=S)N(Cc1cc2cc(C)c(C)cc2[nH]c1=O)C1CCCCC1. The first-order valence-corrected chi connectivity index (χ1v) is 12.2. The number of aromatic nitrogens is 1. The Balaban J connectivity index is 1.67. The Kier molecular flexibility index (Phi) is 7.32. The van der Waals surface area contributed by atoms with Crippen LogP contribution in [0.4, 0.5) is 5.69 Å². The summed E-state index contributed by atoms with van der Waals surface area (Å²) in [5.41, 5.74) is 4.76. The fraction of sp³-hybridized carbons (Fsp3) is 0.370. The molecule has 0 unspecified atom stereocenters. The van der Waals surface area contributed by atoms with Crippen LogP contribution in [0.15, 0.2) is 47.3 Å². The van der Waals surface area contributed by atoms with Gasteiger partial charge in [-0.25, -0.2) is 4.79 Å². The van der Waals surface area contributed by atoms with Gasteiger partial charge in [0.05, 0.1) is 24.9 Å². The molecule has 0 saturated heterocycles. The number of ether oxygens (including phenoxy) is 1. The smallest absolute Gasteiger partial charge is 0.339 e. The van der Waals surface area contributed by atoms with E-state index in [0.717, 1.165) is 42.1 Å². The number of hydrogen-bond donors (Lipinski definition) is 2. The molecule has 0 bridgehead atoms. The number of carbonyl (C=O) groups is 1. The molecular formula is C27H31N3O3S. The highest BCUT2D eigenvalue weighted by Crippen LogP contribution is 2.26. The summed E-state index contributed by atoms with van der Waals surface area (Å²) in [6.07, 6.45) is 5.52. The van der Waals surface area contributed by atoms with Gasteiger partial charge in [-0.05, 0) is 85.8 Å². The maximum Gasteiger partial charge on any atom is 0.339 e. The van der Waals surface area contributed by atoms with Crippen molar-refractivity contribution in [3.05, 3.63) is 75.1 Å². The van der Waals surface area contributed by atoms with Crippen LogP contribution in [0.3, 0.4) is 0 Å². The van der Waals surface area contributed by atoms with Crippen LogP contribution in [-0.2, 0) is 11.3 Å². The van der Waals surface area contributed by atoms with Gasteiger partial charge in [0.1, 0.15) is 0 Å². The molecule has 2 N–H and O–H groups in total. The number of rotatable bonds is 5. The fourth-order valence-electron chi connectivity index (χ4n) is 4.65. The van der Waals surface area contributed by atoms with Crippen molar-refractivity contribution < 1.29 is 9.53 Å². The third-order valence-corrected chi connectivity index (χ3v) is 7.06. The van der Waals surface area contributed by atoms with Gasteiger partial charge in [-0.3, -0.25) is 4.79 Å². The number of fused-ring (bicyclic) bond motifs is 1. The molecule has 1 aliphatic carbocycles. The standard InChI is InChI=1S/C27H31N3O3S/c1-17-13-19-15-20(25(31)28-24(19)14-18(17)2)16-30(21-9-5-4-6-10-21)27(34)29-23-12-8-7-11-22(23)26(32)33-3/h7-8,11-15,21H,4-6,9-10,16H2,1-3H3,(H,28,31)(H,29,34). The predicted octanol–water partition coefficient (Wildman–Crippen LogP) is 5.46. The van der Waals surface area contributed by atoms with Gasteiger partial charge in [-0.1, -0.05) is 31.4 Å². The molecule has 4 rings (SSSR count). The number of esters is 1. The van der Waals surface area contributed by atoms with Crippen LogP contribution in [0.1, 0.15) is 59.2 Å². The molecule has 0 spiro atoms. The Bertz CT molecular complexity index is 1280. The van der Waals surface area contributed by atoms with E-state index >= 15 is 0 Å². The lowest BCUT2D eigenvalue weighted by atomic mass is 9.94. The van der Waals surface area contributed by atoms with E-state index in [-0.39, 0.29) is 11.6 Å². The van der Waals surface area contributed by atoms with E-state index in [4.69, 9.17) is 17.0 Å². The number of nitrogens with one attached hydrogen (secondary N) is 2. The van der Waals surface area contributed by atoms with Gasteiger partial charge in [0.25, 0.3) is 5.56 Å². The van der Waals surface area contributed by atoms with E-state index in [0.29, 0.717) is 28.5 Å². The third-order valence-electron chi connectivity index (χ3n) is 6.73. The van der Waals surface area contributed by atoms with Crippen molar-refractivity contribution in [1.29, 1.82) is 0 Å². The van der Waals surface area contributed by atoms with Crippen molar-refractivity contribution in [2.45, 2.75) is 58.5 Å². The zero-order valence-electron chi connectivity index (χ0n) is 19.9. The summed E-state index contributed by atoms with van der Waals surface area (Å²) in [4.78, 5) is 30.4. The van der Waals surface area contributed by atoms with Crippen molar-refractivity contribution in [3.63, 3.8) is 0 Å². The quantitative estimate of drug-likeness (QED) is 0.375. The molecule has 1 fully saturated rings. The van der Waals surface area contributed by atoms with E-state index in [2.05, 4.69) is 28.2 Å². The number of carbonyl (C=O) groups excluding carboxylic acids is 1. The predicted molar refractivity (Wildman–Crippen MR) is 140 cm³/mol. The molecule has 0 amide bonds. The van der Waals surface area contributed by atoms with Gasteiger partial charge < -0.3 is 19.9 Å². The Morgan fingerprint density at radius 1 is 1.12 bits per heavy atom. The minimum Gasteiger partial charge on any atom is -0.465 e. The van der Waals surface area contributed by atoms with Gasteiger partial charge in [-0.15, -0.1) is 0 Å². The Morgan fingerprint density at radius 3 is 2.56 bits per heavy atom. The second kappa shape index (κ2) is 10.4. The highest BCUT2D eigenvalue weighted by molar-refractivity contribution is 7.80. The number of aromatic amines is 1. The van der Waals surface area contributed by atoms with E-state index in [1.807, 2.05) is 31.2 Å². The molecule has 6 nitrogen and oxygen atoms in total. The first-order chi connectivity index (χ1) is 16.4. The topological polar surface area (TPSA) is 74.4 Å². The number of methoxy groups -OCH3 is 1. The van der Waals surface area contributed by atoms with Crippen molar-refractivity contribution in [2.24, 2.45) is 0 Å². The summed E-state index contributed by atoms with van der Waals surface area (Å²) >= 11 is 5.85. The van der Waals surface area contributed by atoms with Gasteiger partial charge in [0.2, 0.25) is 0 Å². The summed E-state index contributed by atoms with van der Waals surface area (Å²) in [7, 11) is 1.36. The first kappa shape index (κ1) is 24.0. The van der Waals surface area contributed by atoms with Gasteiger partial charge in [0.15, 0.2) is 5.11 Å². The minimum atomic E-state index is -0.424. The van der Waals surface area contributed by atoms with Crippen LogP contribution in [0.2, 0.25) is 0 Å². The summed E-state index contributed by atoms with van der Waals surface area (Å²) in [5.74, 6) is -0.424. The van der Waals surface area contributed by atoms with Crippen LogP contribution in [0.25, 0.3) is 10.9 Å². The lowest BCUT2D eigenvalue weighted by molar-refractivity contribution is 0.0602. The summed E-state index contributed by atoms with van der Waals surface area (Å²) < 4.78 is 4.92. The van der Waals surface area contributed by atoms with E-state index in [1.54, 1.807) is 12.1 Å². The molecule has 1 saturated carbocycles. The lowest BCUT2D eigenvalue weighted by Gasteiger charge is -2.36. The lowest BCUT2D eigenvalue weighted by Crippen LogP contribution is -2.44. The Hall–Kier alpha value is -3.19. The average Bonchev–Trinajstić information content (AvgIpc) is 2.84. The average molecular weight is 478 g/mol. The molecule has 2 aromatic carbocycles. The molecule has 0 radical (unpaired) electrons. The number of nitrogens with zero attached hydrogens (tertiary/aromatic N) is 1. The highest BCUT2D eigenvalue weighted by atomic mass is 32.1. The number of pyridine rings is 1. The van der Waals surface area contributed by atoms with E-state index < -0.39 is 5.97 Å². The molecular weight excluding hydrogens is 446 g/mol. The summed E-state index contributed by atoms with van der Waals surface area (Å²) in [6, 6.07) is 13.5. The molecule has 178 valence electrons. The Labute approximate surface area is 205 Å². The van der Waals surface area contributed by atoms with Crippen molar-refractivity contribution in [1.82, 2.24) is 9.88 Å². The number of hydrogen-bond acceptors (Lipinski definition) is 4.